The van der Waals surface area contributed by atoms with Gasteiger partial charge in [0.25, 0.3) is 0 Å². The molecule has 5 heteroatoms. The van der Waals surface area contributed by atoms with Gasteiger partial charge in [-0.3, -0.25) is 0 Å². The minimum absolute atomic E-state index is 0.223. The van der Waals surface area contributed by atoms with Crippen molar-refractivity contribution in [1.29, 1.82) is 0 Å². The van der Waals surface area contributed by atoms with E-state index >= 15 is 0 Å². The number of pyridine rings is 1. The second-order valence-corrected chi connectivity index (χ2v) is 4.29. The Hall–Kier alpha value is -1.94. The summed E-state index contributed by atoms with van der Waals surface area (Å²) in [7, 11) is 0. The molecule has 0 aliphatic carbocycles. The molecule has 0 saturated heterocycles. The second kappa shape index (κ2) is 4.38. The lowest BCUT2D eigenvalue weighted by molar-refractivity contribution is 0.601. The largest absolute Gasteiger partial charge is 0.326 e. The van der Waals surface area contributed by atoms with Crippen LogP contribution in [0.5, 0.6) is 0 Å². The Labute approximate surface area is 108 Å². The highest BCUT2D eigenvalue weighted by molar-refractivity contribution is 6.33. The van der Waals surface area contributed by atoms with Gasteiger partial charge >= 0.3 is 0 Å². The maximum Gasteiger partial charge on any atom is 0.156 e. The third-order valence-electron chi connectivity index (χ3n) is 2.79. The summed E-state index contributed by atoms with van der Waals surface area (Å²) in [6.07, 6.45) is 3.26. The zero-order valence-electron chi connectivity index (χ0n) is 9.35. The SMILES string of the molecule is Fc1ccccc1Cn1cnc2c(Cl)nccc21. The van der Waals surface area contributed by atoms with E-state index in [1.54, 1.807) is 24.7 Å². The summed E-state index contributed by atoms with van der Waals surface area (Å²) in [6, 6.07) is 8.50. The molecule has 2 aromatic heterocycles. The number of aromatic nitrogens is 3. The fourth-order valence-electron chi connectivity index (χ4n) is 1.90. The molecule has 3 rings (SSSR count). The van der Waals surface area contributed by atoms with Crippen molar-refractivity contribution in [3.8, 4) is 0 Å². The third kappa shape index (κ3) is 1.84. The van der Waals surface area contributed by atoms with Crippen LogP contribution >= 0.6 is 11.6 Å². The highest BCUT2D eigenvalue weighted by Crippen LogP contribution is 2.20. The van der Waals surface area contributed by atoms with Crippen LogP contribution in [0.15, 0.2) is 42.9 Å². The van der Waals surface area contributed by atoms with Crippen LogP contribution in [0.4, 0.5) is 4.39 Å². The van der Waals surface area contributed by atoms with E-state index in [1.165, 1.54) is 6.07 Å². The van der Waals surface area contributed by atoms with Crippen molar-refractivity contribution in [2.45, 2.75) is 6.54 Å². The van der Waals surface area contributed by atoms with Crippen LogP contribution in [0.3, 0.4) is 0 Å². The van der Waals surface area contributed by atoms with Crippen LogP contribution in [0.2, 0.25) is 5.15 Å². The first-order chi connectivity index (χ1) is 8.75. The van der Waals surface area contributed by atoms with Gasteiger partial charge in [0.1, 0.15) is 11.3 Å². The van der Waals surface area contributed by atoms with Crippen LogP contribution in [-0.2, 0) is 6.54 Å². The summed E-state index contributed by atoms with van der Waals surface area (Å²) < 4.78 is 15.4. The van der Waals surface area contributed by atoms with E-state index in [-0.39, 0.29) is 5.82 Å². The van der Waals surface area contributed by atoms with Gasteiger partial charge in [0.05, 0.1) is 18.4 Å². The first-order valence-electron chi connectivity index (χ1n) is 5.44. The predicted octanol–water partition coefficient (Wildman–Crippen LogP) is 3.27. The molecule has 0 bridgehead atoms. The number of imidazole rings is 1. The van der Waals surface area contributed by atoms with Gasteiger partial charge in [-0.2, -0.15) is 0 Å². The van der Waals surface area contributed by atoms with Gasteiger partial charge in [0, 0.05) is 11.8 Å². The summed E-state index contributed by atoms with van der Waals surface area (Å²) in [5.41, 5.74) is 2.10. The number of rotatable bonds is 2. The first kappa shape index (κ1) is 11.2. The molecule has 0 amide bonds. The van der Waals surface area contributed by atoms with Gasteiger partial charge in [-0.1, -0.05) is 29.8 Å². The van der Waals surface area contributed by atoms with E-state index in [1.807, 2.05) is 16.7 Å². The van der Waals surface area contributed by atoms with E-state index in [0.717, 1.165) is 5.52 Å². The summed E-state index contributed by atoms with van der Waals surface area (Å²) in [4.78, 5) is 8.15. The Morgan fingerprint density at radius 1 is 1.17 bits per heavy atom. The molecule has 0 fully saturated rings. The van der Waals surface area contributed by atoms with E-state index in [9.17, 15) is 4.39 Å². The summed E-state index contributed by atoms with van der Waals surface area (Å²) in [5, 5.41) is 0.361. The molecule has 0 spiro atoms. The van der Waals surface area contributed by atoms with Gasteiger partial charge in [0.15, 0.2) is 5.15 Å². The third-order valence-corrected chi connectivity index (χ3v) is 3.07. The minimum atomic E-state index is -0.223. The monoisotopic (exact) mass is 261 g/mol. The highest BCUT2D eigenvalue weighted by Gasteiger charge is 2.08. The zero-order chi connectivity index (χ0) is 12.5. The molecular weight excluding hydrogens is 253 g/mol. The number of hydrogen-bond donors (Lipinski definition) is 0. The standard InChI is InChI=1S/C13H9ClFN3/c14-13-12-11(5-6-16-13)18(8-17-12)7-9-3-1-2-4-10(9)15/h1-6,8H,7H2. The van der Waals surface area contributed by atoms with Crippen molar-refractivity contribution in [1.82, 2.24) is 14.5 Å². The van der Waals surface area contributed by atoms with E-state index in [2.05, 4.69) is 9.97 Å². The predicted molar refractivity (Wildman–Crippen MR) is 68.0 cm³/mol. The Morgan fingerprint density at radius 2 is 2.00 bits per heavy atom. The molecule has 3 nitrogen and oxygen atoms in total. The van der Waals surface area contributed by atoms with Crippen LogP contribution in [0, 0.1) is 5.82 Å². The quantitative estimate of drug-likeness (QED) is 0.663. The number of hydrogen-bond acceptors (Lipinski definition) is 2. The number of fused-ring (bicyclic) bond motifs is 1. The smallest absolute Gasteiger partial charge is 0.156 e. The maximum atomic E-state index is 13.6. The number of nitrogens with zero attached hydrogens (tertiary/aromatic N) is 3. The van der Waals surface area contributed by atoms with Crippen LogP contribution in [-0.4, -0.2) is 14.5 Å². The summed E-state index contributed by atoms with van der Waals surface area (Å²) >= 11 is 5.94. The van der Waals surface area contributed by atoms with Crippen molar-refractivity contribution >= 4 is 22.6 Å². The van der Waals surface area contributed by atoms with E-state index < -0.39 is 0 Å². The fourth-order valence-corrected chi connectivity index (χ4v) is 2.10. The molecule has 0 atom stereocenters. The fraction of sp³-hybridized carbons (Fsp3) is 0.0769. The number of halogens is 2. The van der Waals surface area contributed by atoms with Crippen LogP contribution in [0.1, 0.15) is 5.56 Å². The second-order valence-electron chi connectivity index (χ2n) is 3.93. The van der Waals surface area contributed by atoms with E-state index in [4.69, 9.17) is 11.6 Å². The van der Waals surface area contributed by atoms with Gasteiger partial charge in [-0.25, -0.2) is 14.4 Å². The lowest BCUT2D eigenvalue weighted by Crippen LogP contribution is -2.00. The normalized spacial score (nSPS) is 11.0. The molecule has 0 aliphatic heterocycles. The Morgan fingerprint density at radius 3 is 2.83 bits per heavy atom. The van der Waals surface area contributed by atoms with Gasteiger partial charge in [-0.15, -0.1) is 0 Å². The zero-order valence-corrected chi connectivity index (χ0v) is 10.1. The van der Waals surface area contributed by atoms with Crippen molar-refractivity contribution in [2.24, 2.45) is 0 Å². The molecular formula is C13H9ClFN3. The van der Waals surface area contributed by atoms with Crippen LogP contribution in [0.25, 0.3) is 11.0 Å². The Bertz CT molecular complexity index is 708. The molecule has 18 heavy (non-hydrogen) atoms. The molecule has 0 unspecified atom stereocenters. The first-order valence-corrected chi connectivity index (χ1v) is 5.82. The molecule has 0 radical (unpaired) electrons. The van der Waals surface area contributed by atoms with Crippen molar-refractivity contribution < 1.29 is 4.39 Å². The number of benzene rings is 1. The van der Waals surface area contributed by atoms with Crippen molar-refractivity contribution in [2.75, 3.05) is 0 Å². The van der Waals surface area contributed by atoms with E-state index in [0.29, 0.717) is 22.8 Å². The molecule has 2 heterocycles. The molecule has 3 aromatic rings. The topological polar surface area (TPSA) is 30.7 Å². The van der Waals surface area contributed by atoms with Crippen molar-refractivity contribution in [3.63, 3.8) is 0 Å². The average Bonchev–Trinajstić information content (AvgIpc) is 2.77. The molecule has 0 aliphatic rings. The van der Waals surface area contributed by atoms with Crippen LogP contribution < -0.4 is 0 Å². The van der Waals surface area contributed by atoms with Gasteiger partial charge in [0.2, 0.25) is 0 Å². The molecule has 0 saturated carbocycles. The summed E-state index contributed by atoms with van der Waals surface area (Å²) in [6.45, 7) is 0.420. The van der Waals surface area contributed by atoms with Gasteiger partial charge in [-0.05, 0) is 12.1 Å². The molecule has 90 valence electrons. The average molecular weight is 262 g/mol. The molecule has 1 aromatic carbocycles. The molecule has 0 N–H and O–H groups in total. The van der Waals surface area contributed by atoms with Crippen molar-refractivity contribution in [3.05, 3.63) is 59.4 Å². The van der Waals surface area contributed by atoms with Gasteiger partial charge < -0.3 is 4.57 Å². The lowest BCUT2D eigenvalue weighted by atomic mass is 10.2. The Balaban J connectivity index is 2.06. The lowest BCUT2D eigenvalue weighted by Gasteiger charge is -2.05. The highest BCUT2D eigenvalue weighted by atomic mass is 35.5. The summed E-state index contributed by atoms with van der Waals surface area (Å²) in [5.74, 6) is -0.223. The maximum absolute atomic E-state index is 13.6. The minimum Gasteiger partial charge on any atom is -0.326 e. The Kier molecular flexibility index (Phi) is 2.72.